The number of ether oxygens (including phenoxy) is 1. The largest absolute Gasteiger partial charge is 0.424 e. The Morgan fingerprint density at radius 3 is 0.923 bits per heavy atom. The molecule has 0 aromatic carbocycles. The summed E-state index contributed by atoms with van der Waals surface area (Å²) in [6, 6.07) is 0. The van der Waals surface area contributed by atoms with Crippen molar-refractivity contribution in [1.29, 1.82) is 0 Å². The molecule has 26 heavy (non-hydrogen) atoms. The van der Waals surface area contributed by atoms with Crippen LogP contribution in [0, 0.1) is 0 Å². The number of epoxide rings is 1. The zero-order valence-electron chi connectivity index (χ0n) is 11.0. The van der Waals surface area contributed by atoms with Gasteiger partial charge in [-0.1, -0.05) is 0 Å². The minimum atomic E-state index is -8.27. The quantitative estimate of drug-likeness (QED) is 0.455. The van der Waals surface area contributed by atoms with Crippen LogP contribution >= 0.6 is 0 Å². The highest BCUT2D eigenvalue weighted by molar-refractivity contribution is 5.33. The average Bonchev–Trinajstić information content (AvgIpc) is 2.96. The first-order chi connectivity index (χ1) is 11.0. The standard InChI is InChI=1S/C9F16O/c10-1(4(15,16)8(23)9(24,25)26-8)2(11,12)5(17,18)7(21,22)6(19,20)3(1,13)14/t8-/m1/s1. The van der Waals surface area contributed by atoms with Crippen molar-refractivity contribution in [3.05, 3.63) is 0 Å². The van der Waals surface area contributed by atoms with Crippen LogP contribution in [-0.2, 0) is 4.74 Å². The van der Waals surface area contributed by atoms with Gasteiger partial charge in [0.1, 0.15) is 0 Å². The van der Waals surface area contributed by atoms with Crippen molar-refractivity contribution < 1.29 is 75.0 Å². The van der Waals surface area contributed by atoms with Crippen molar-refractivity contribution in [2.24, 2.45) is 0 Å². The van der Waals surface area contributed by atoms with Crippen molar-refractivity contribution in [1.82, 2.24) is 0 Å². The second kappa shape index (κ2) is 4.29. The summed E-state index contributed by atoms with van der Waals surface area (Å²) >= 11 is 0. The lowest BCUT2D eigenvalue weighted by Crippen LogP contribution is -2.88. The molecule has 1 atom stereocenters. The fraction of sp³-hybridized carbons (Fsp3) is 1.00. The lowest BCUT2D eigenvalue weighted by molar-refractivity contribution is -0.511. The summed E-state index contributed by atoms with van der Waals surface area (Å²) in [4.78, 5) is 0. The maximum absolute atomic E-state index is 13.9. The topological polar surface area (TPSA) is 12.5 Å². The molecule has 1 aliphatic heterocycles. The third-order valence-electron chi connectivity index (χ3n) is 3.88. The molecule has 0 N–H and O–H groups in total. The molecule has 2 aliphatic rings. The van der Waals surface area contributed by atoms with E-state index in [4.69, 9.17) is 0 Å². The lowest BCUT2D eigenvalue weighted by Gasteiger charge is -2.54. The van der Waals surface area contributed by atoms with Crippen LogP contribution < -0.4 is 0 Å². The highest BCUT2D eigenvalue weighted by atomic mass is 19.4. The smallest absolute Gasteiger partial charge is 0.265 e. The Kier molecular flexibility index (Phi) is 3.49. The summed E-state index contributed by atoms with van der Waals surface area (Å²) in [5, 5.41) is 0. The zero-order chi connectivity index (χ0) is 21.2. The first-order valence-corrected chi connectivity index (χ1v) is 5.68. The van der Waals surface area contributed by atoms with Crippen LogP contribution in [-0.4, -0.2) is 53.2 Å². The molecule has 0 bridgehead atoms. The Bertz CT molecular complexity index is 592. The minimum absolute atomic E-state index is 2.12. The predicted octanol–water partition coefficient (Wildman–Crippen LogP) is 4.81. The second-order valence-corrected chi connectivity index (χ2v) is 5.32. The van der Waals surface area contributed by atoms with Crippen LogP contribution in [0.25, 0.3) is 0 Å². The van der Waals surface area contributed by atoms with Crippen LogP contribution in [0.4, 0.5) is 70.2 Å². The summed E-state index contributed by atoms with van der Waals surface area (Å²) in [7, 11) is 0. The van der Waals surface area contributed by atoms with Crippen LogP contribution in [0.15, 0.2) is 0 Å². The first-order valence-electron chi connectivity index (χ1n) is 5.68. The van der Waals surface area contributed by atoms with E-state index in [1.54, 1.807) is 0 Å². The fourth-order valence-electron chi connectivity index (χ4n) is 2.24. The van der Waals surface area contributed by atoms with Gasteiger partial charge in [0, 0.05) is 0 Å². The van der Waals surface area contributed by atoms with E-state index in [2.05, 4.69) is 4.74 Å². The summed E-state index contributed by atoms with van der Waals surface area (Å²) in [6.45, 7) is 0. The highest BCUT2D eigenvalue weighted by Gasteiger charge is 3.09. The Labute approximate surface area is 129 Å². The number of rotatable bonds is 2. The third kappa shape index (κ3) is 1.55. The van der Waals surface area contributed by atoms with Gasteiger partial charge in [0.2, 0.25) is 0 Å². The van der Waals surface area contributed by atoms with Crippen LogP contribution in [0.1, 0.15) is 0 Å². The van der Waals surface area contributed by atoms with E-state index in [-0.39, 0.29) is 0 Å². The molecule has 0 aromatic heterocycles. The molecule has 17 heteroatoms. The summed E-state index contributed by atoms with van der Waals surface area (Å²) in [5.74, 6) is -54.6. The van der Waals surface area contributed by atoms with Gasteiger partial charge in [0.25, 0.3) is 0 Å². The van der Waals surface area contributed by atoms with E-state index >= 15 is 0 Å². The summed E-state index contributed by atoms with van der Waals surface area (Å²) < 4.78 is 212. The number of hydrogen-bond acceptors (Lipinski definition) is 1. The molecule has 1 nitrogen and oxygen atoms in total. The Morgan fingerprint density at radius 2 is 0.692 bits per heavy atom. The van der Waals surface area contributed by atoms with Gasteiger partial charge in [-0.2, -0.15) is 65.9 Å². The molecule has 0 radical (unpaired) electrons. The molecule has 1 heterocycles. The summed E-state index contributed by atoms with van der Waals surface area (Å²) in [6.07, 6.45) is -6.06. The van der Waals surface area contributed by atoms with Crippen molar-refractivity contribution >= 4 is 0 Å². The van der Waals surface area contributed by atoms with Crippen molar-refractivity contribution in [2.45, 2.75) is 53.2 Å². The molecule has 0 unspecified atom stereocenters. The molecule has 2 rings (SSSR count). The first kappa shape index (κ1) is 21.1. The van der Waals surface area contributed by atoms with Crippen molar-refractivity contribution in [3.8, 4) is 0 Å². The number of hydrogen-bond donors (Lipinski definition) is 0. The minimum Gasteiger partial charge on any atom is -0.265 e. The van der Waals surface area contributed by atoms with Gasteiger partial charge in [-0.25, -0.2) is 4.39 Å². The van der Waals surface area contributed by atoms with Gasteiger partial charge < -0.3 is 0 Å². The zero-order valence-corrected chi connectivity index (χ0v) is 11.0. The number of halogens is 16. The van der Waals surface area contributed by atoms with Gasteiger partial charge in [-0.05, 0) is 0 Å². The Morgan fingerprint density at radius 1 is 0.462 bits per heavy atom. The van der Waals surface area contributed by atoms with Crippen molar-refractivity contribution in [3.63, 3.8) is 0 Å². The molecule has 0 spiro atoms. The molecular weight excluding hydrogens is 428 g/mol. The highest BCUT2D eigenvalue weighted by Crippen LogP contribution is 2.76. The van der Waals surface area contributed by atoms with Gasteiger partial charge in [0.15, 0.2) is 0 Å². The lowest BCUT2D eigenvalue weighted by atomic mass is 9.68. The van der Waals surface area contributed by atoms with Gasteiger partial charge in [-0.15, -0.1) is 0 Å². The molecule has 154 valence electrons. The summed E-state index contributed by atoms with van der Waals surface area (Å²) in [5.41, 5.74) is -8.27. The molecule has 2 fully saturated rings. The molecule has 0 aromatic rings. The Balaban J connectivity index is 2.90. The van der Waals surface area contributed by atoms with Crippen LogP contribution in [0.2, 0.25) is 0 Å². The second-order valence-electron chi connectivity index (χ2n) is 5.32. The third-order valence-corrected chi connectivity index (χ3v) is 3.88. The molecule has 1 saturated carbocycles. The van der Waals surface area contributed by atoms with E-state index < -0.39 is 53.2 Å². The molecular formula is C9F16O. The van der Waals surface area contributed by atoms with Gasteiger partial charge in [-0.3, -0.25) is 4.74 Å². The monoisotopic (exact) mass is 428 g/mol. The van der Waals surface area contributed by atoms with E-state index in [9.17, 15) is 70.2 Å². The van der Waals surface area contributed by atoms with Crippen molar-refractivity contribution in [2.75, 3.05) is 0 Å². The fourth-order valence-corrected chi connectivity index (χ4v) is 2.24. The van der Waals surface area contributed by atoms with Crippen LogP contribution in [0.3, 0.4) is 0 Å². The van der Waals surface area contributed by atoms with Gasteiger partial charge >= 0.3 is 53.2 Å². The molecule has 1 saturated heterocycles. The number of alkyl halides is 16. The maximum Gasteiger partial charge on any atom is 0.424 e. The normalized spacial score (nSPS) is 37.8. The van der Waals surface area contributed by atoms with Gasteiger partial charge in [0.05, 0.1) is 0 Å². The van der Waals surface area contributed by atoms with E-state index in [0.29, 0.717) is 0 Å². The maximum atomic E-state index is 13.9. The van der Waals surface area contributed by atoms with Crippen LogP contribution in [0.5, 0.6) is 0 Å². The average molecular weight is 428 g/mol. The SMILES string of the molecule is FC1(F)C(F)(F)C(F)(F)C(F)(C(F)(F)[C@@]2(F)OC2(F)F)C(F)(F)C1(F)F. The Hall–Kier alpha value is -1.16. The molecule has 1 aliphatic carbocycles. The van der Waals surface area contributed by atoms with E-state index in [1.807, 2.05) is 0 Å². The van der Waals surface area contributed by atoms with E-state index in [1.165, 1.54) is 0 Å². The predicted molar refractivity (Wildman–Crippen MR) is 43.4 cm³/mol. The molecule has 0 amide bonds. The van der Waals surface area contributed by atoms with E-state index in [0.717, 1.165) is 0 Å².